The van der Waals surface area contributed by atoms with E-state index in [0.29, 0.717) is 0 Å². The fourth-order valence-electron chi connectivity index (χ4n) is 2.85. The molecule has 0 amide bonds. The van der Waals surface area contributed by atoms with Crippen LogP contribution in [0.1, 0.15) is 34.2 Å². The molecule has 11 nitrogen and oxygen atoms in total. The summed E-state index contributed by atoms with van der Waals surface area (Å²) in [5.41, 5.74) is -0.457. The van der Waals surface area contributed by atoms with Gasteiger partial charge in [0.1, 0.15) is 63.4 Å². The summed E-state index contributed by atoms with van der Waals surface area (Å²) in [7, 11) is 0. The normalized spacial score (nSPS) is 9.97. The largest absolute Gasteiger partial charge is 0.241 e. The Morgan fingerprint density at radius 3 is 1.00 bits per heavy atom. The molecule has 134 valence electrons. The number of rotatable bonds is 1. The molecule has 11 heteroatoms. The number of nitriles is 5. The maximum atomic E-state index is 9.39. The molecule has 3 heterocycles. The lowest BCUT2D eigenvalue weighted by Gasteiger charge is -2.09. The molecule has 0 atom stereocenters. The Bertz CT molecular complexity index is 1610. The van der Waals surface area contributed by atoms with Crippen molar-refractivity contribution in [3.8, 4) is 30.3 Å². The van der Waals surface area contributed by atoms with Crippen molar-refractivity contribution >= 4 is 39.2 Å². The summed E-state index contributed by atoms with van der Waals surface area (Å²) in [6.45, 7) is 3.61. The molecule has 0 fully saturated rings. The SMILES string of the molecule is C=Cc1nc2c3nc(C#N)c(C#N)nc3c3nc(C#N)c(C#N)nc3c2nc1C#N. The molecule has 0 radical (unpaired) electrons. The molecule has 0 N–H and O–H groups in total. The molecule has 0 aliphatic carbocycles. The monoisotopic (exact) mass is 385 g/mol. The van der Waals surface area contributed by atoms with E-state index in [-0.39, 0.29) is 67.3 Å². The highest BCUT2D eigenvalue weighted by Crippen LogP contribution is 2.31. The molecular formula is C19H3N11. The molecule has 3 aromatic heterocycles. The number of benzene rings is 1. The van der Waals surface area contributed by atoms with Crippen LogP contribution >= 0.6 is 0 Å². The number of fused-ring (bicyclic) bond motifs is 6. The van der Waals surface area contributed by atoms with Gasteiger partial charge in [0.25, 0.3) is 0 Å². The zero-order valence-electron chi connectivity index (χ0n) is 14.7. The first-order valence-corrected chi connectivity index (χ1v) is 8.00. The first-order valence-electron chi connectivity index (χ1n) is 8.00. The summed E-state index contributed by atoms with van der Waals surface area (Å²) < 4.78 is 0. The Morgan fingerprint density at radius 2 is 0.733 bits per heavy atom. The first-order chi connectivity index (χ1) is 14.6. The van der Waals surface area contributed by atoms with Gasteiger partial charge < -0.3 is 0 Å². The smallest absolute Gasteiger partial charge is 0.177 e. The third-order valence-corrected chi connectivity index (χ3v) is 4.11. The zero-order valence-corrected chi connectivity index (χ0v) is 14.7. The zero-order chi connectivity index (χ0) is 21.4. The minimum Gasteiger partial charge on any atom is -0.241 e. The van der Waals surface area contributed by atoms with E-state index in [0.717, 1.165) is 0 Å². The summed E-state index contributed by atoms with van der Waals surface area (Å²) >= 11 is 0. The highest BCUT2D eigenvalue weighted by molar-refractivity contribution is 6.18. The van der Waals surface area contributed by atoms with Crippen molar-refractivity contribution in [1.82, 2.24) is 29.9 Å². The Morgan fingerprint density at radius 1 is 0.467 bits per heavy atom. The molecule has 0 spiro atoms. The maximum Gasteiger partial charge on any atom is 0.177 e. The van der Waals surface area contributed by atoms with Crippen molar-refractivity contribution in [1.29, 1.82) is 26.3 Å². The second-order valence-corrected chi connectivity index (χ2v) is 5.65. The van der Waals surface area contributed by atoms with E-state index in [1.807, 2.05) is 6.07 Å². The average molecular weight is 385 g/mol. The van der Waals surface area contributed by atoms with Crippen LogP contribution in [0, 0.1) is 56.7 Å². The van der Waals surface area contributed by atoms with E-state index in [2.05, 4.69) is 36.5 Å². The topological polar surface area (TPSA) is 196 Å². The van der Waals surface area contributed by atoms with Crippen LogP contribution in [-0.4, -0.2) is 29.9 Å². The van der Waals surface area contributed by atoms with E-state index < -0.39 is 0 Å². The predicted octanol–water partition coefficient (Wildman–Crippen LogP) is 1.52. The van der Waals surface area contributed by atoms with Crippen LogP contribution in [0.2, 0.25) is 0 Å². The Kier molecular flexibility index (Phi) is 3.89. The molecule has 0 saturated heterocycles. The van der Waals surface area contributed by atoms with Crippen molar-refractivity contribution in [2.24, 2.45) is 0 Å². The van der Waals surface area contributed by atoms with Crippen molar-refractivity contribution in [2.75, 3.05) is 0 Å². The van der Waals surface area contributed by atoms with Crippen LogP contribution in [0.5, 0.6) is 0 Å². The molecule has 0 bridgehead atoms. The minimum absolute atomic E-state index is 0.0334. The maximum absolute atomic E-state index is 9.39. The second kappa shape index (κ2) is 6.55. The number of aromatic nitrogens is 6. The summed E-state index contributed by atoms with van der Waals surface area (Å²) in [6.07, 6.45) is 1.33. The summed E-state index contributed by atoms with van der Waals surface area (Å²) in [5.74, 6) is 0. The third-order valence-electron chi connectivity index (χ3n) is 4.11. The molecule has 4 aromatic rings. The minimum atomic E-state index is -0.258. The molecular weight excluding hydrogens is 382 g/mol. The predicted molar refractivity (Wildman–Crippen MR) is 99.4 cm³/mol. The van der Waals surface area contributed by atoms with Crippen LogP contribution in [0.15, 0.2) is 6.58 Å². The van der Waals surface area contributed by atoms with Gasteiger partial charge in [-0.25, -0.2) is 29.9 Å². The lowest BCUT2D eigenvalue weighted by Crippen LogP contribution is -2.05. The van der Waals surface area contributed by atoms with Gasteiger partial charge in [-0.15, -0.1) is 0 Å². The fraction of sp³-hybridized carbons (Fsp3) is 0. The third kappa shape index (κ3) is 2.33. The van der Waals surface area contributed by atoms with E-state index in [1.165, 1.54) is 6.08 Å². The van der Waals surface area contributed by atoms with Crippen LogP contribution in [-0.2, 0) is 0 Å². The highest BCUT2D eigenvalue weighted by Gasteiger charge is 2.22. The standard InChI is InChI=1S/C19H3N11/c1-2-8-9(3-20)26-15-14(25-8)16-18(29-11(5-22)10(4-21)27-16)19-17(15)28-12(6-23)13(7-24)30-19/h2H,1H2. The molecule has 4 rings (SSSR count). The van der Waals surface area contributed by atoms with Gasteiger partial charge in [0.2, 0.25) is 0 Å². The van der Waals surface area contributed by atoms with Gasteiger partial charge in [-0.2, -0.15) is 26.3 Å². The molecule has 30 heavy (non-hydrogen) atoms. The second-order valence-electron chi connectivity index (χ2n) is 5.65. The van der Waals surface area contributed by atoms with Gasteiger partial charge in [-0.1, -0.05) is 6.58 Å². The van der Waals surface area contributed by atoms with Crippen LogP contribution in [0.4, 0.5) is 0 Å². The summed E-state index contributed by atoms with van der Waals surface area (Å²) in [4.78, 5) is 25.3. The van der Waals surface area contributed by atoms with Crippen molar-refractivity contribution in [3.63, 3.8) is 0 Å². The average Bonchev–Trinajstić information content (AvgIpc) is 2.81. The quantitative estimate of drug-likeness (QED) is 0.430. The molecule has 0 aliphatic heterocycles. The van der Waals surface area contributed by atoms with E-state index >= 15 is 0 Å². The van der Waals surface area contributed by atoms with Gasteiger partial charge in [0.15, 0.2) is 28.5 Å². The van der Waals surface area contributed by atoms with Gasteiger partial charge >= 0.3 is 0 Å². The van der Waals surface area contributed by atoms with Crippen LogP contribution < -0.4 is 0 Å². The summed E-state index contributed by atoms with van der Waals surface area (Å²) in [5, 5.41) is 46.7. The van der Waals surface area contributed by atoms with Crippen LogP contribution in [0.25, 0.3) is 39.2 Å². The highest BCUT2D eigenvalue weighted by atomic mass is 14.9. The molecule has 0 unspecified atom stereocenters. The van der Waals surface area contributed by atoms with Crippen LogP contribution in [0.3, 0.4) is 0 Å². The van der Waals surface area contributed by atoms with Gasteiger partial charge in [0, 0.05) is 0 Å². The van der Waals surface area contributed by atoms with Gasteiger partial charge in [-0.05, 0) is 6.08 Å². The number of hydrogen-bond donors (Lipinski definition) is 0. The Balaban J connectivity index is 2.42. The van der Waals surface area contributed by atoms with Crippen molar-refractivity contribution < 1.29 is 0 Å². The lowest BCUT2D eigenvalue weighted by molar-refractivity contribution is 1.16. The van der Waals surface area contributed by atoms with E-state index in [4.69, 9.17) is 0 Å². The first kappa shape index (κ1) is 17.8. The molecule has 1 aromatic carbocycles. The van der Waals surface area contributed by atoms with Crippen molar-refractivity contribution in [2.45, 2.75) is 0 Å². The number of hydrogen-bond acceptors (Lipinski definition) is 11. The lowest BCUT2D eigenvalue weighted by atomic mass is 10.1. The Labute approximate surface area is 167 Å². The van der Waals surface area contributed by atoms with Gasteiger partial charge in [0.05, 0.1) is 5.69 Å². The summed E-state index contributed by atoms with van der Waals surface area (Å²) in [6, 6.07) is 9.05. The van der Waals surface area contributed by atoms with Gasteiger partial charge in [-0.3, -0.25) is 0 Å². The molecule has 0 saturated carbocycles. The number of nitrogens with zero attached hydrogens (tertiary/aromatic N) is 11. The Hall–Kier alpha value is -5.57. The fourth-order valence-corrected chi connectivity index (χ4v) is 2.85. The van der Waals surface area contributed by atoms with E-state index in [9.17, 15) is 26.3 Å². The molecule has 0 aliphatic rings. The van der Waals surface area contributed by atoms with Crippen molar-refractivity contribution in [3.05, 3.63) is 40.7 Å². The van der Waals surface area contributed by atoms with E-state index in [1.54, 1.807) is 24.3 Å².